The zero-order chi connectivity index (χ0) is 11.2. The Kier molecular flexibility index (Phi) is 4.30. The molecule has 1 fully saturated rings. The van der Waals surface area contributed by atoms with E-state index in [1.807, 2.05) is 0 Å². The van der Waals surface area contributed by atoms with Crippen LogP contribution >= 0.6 is 0 Å². The Morgan fingerprint density at radius 2 is 2.19 bits per heavy atom. The van der Waals surface area contributed by atoms with Gasteiger partial charge in [0.05, 0.1) is 6.61 Å². The van der Waals surface area contributed by atoms with E-state index in [9.17, 15) is 0 Å². The van der Waals surface area contributed by atoms with Crippen LogP contribution in [-0.2, 0) is 11.3 Å². The molecule has 0 aromatic carbocycles. The Morgan fingerprint density at radius 3 is 2.88 bits per heavy atom. The van der Waals surface area contributed by atoms with Crippen molar-refractivity contribution in [1.82, 2.24) is 10.1 Å². The zero-order valence-electron chi connectivity index (χ0n) is 9.47. The van der Waals surface area contributed by atoms with Crippen LogP contribution in [0.5, 0.6) is 0 Å². The van der Waals surface area contributed by atoms with Gasteiger partial charge in [-0.05, 0) is 31.2 Å². The van der Waals surface area contributed by atoms with Crippen LogP contribution < -0.4 is 5.73 Å². The number of nitrogens with zero attached hydrogens (tertiary/aromatic N) is 2. The number of hydrogen-bond donors (Lipinski definition) is 1. The quantitative estimate of drug-likeness (QED) is 0.818. The zero-order valence-corrected chi connectivity index (χ0v) is 9.47. The first-order valence-electron chi connectivity index (χ1n) is 5.93. The minimum absolute atomic E-state index is 0.435. The van der Waals surface area contributed by atoms with Crippen LogP contribution in [0.25, 0.3) is 0 Å². The van der Waals surface area contributed by atoms with Crippen LogP contribution in [0.4, 0.5) is 0 Å². The highest BCUT2D eigenvalue weighted by molar-refractivity contribution is 4.77. The molecule has 0 spiro atoms. The summed E-state index contributed by atoms with van der Waals surface area (Å²) >= 11 is 0. The van der Waals surface area contributed by atoms with E-state index in [-0.39, 0.29) is 0 Å². The minimum Gasteiger partial charge on any atom is -0.373 e. The van der Waals surface area contributed by atoms with Gasteiger partial charge in [0.1, 0.15) is 6.61 Å². The van der Waals surface area contributed by atoms with E-state index in [0.717, 1.165) is 13.2 Å². The summed E-state index contributed by atoms with van der Waals surface area (Å²) in [5.41, 5.74) is 5.76. The molecular formula is C11H19N3O2. The molecule has 5 heteroatoms. The average Bonchev–Trinajstić information content (AvgIpc) is 2.83. The van der Waals surface area contributed by atoms with Gasteiger partial charge in [-0.25, -0.2) is 0 Å². The first-order valence-corrected chi connectivity index (χ1v) is 5.93. The van der Waals surface area contributed by atoms with Gasteiger partial charge >= 0.3 is 0 Å². The monoisotopic (exact) mass is 225 g/mol. The summed E-state index contributed by atoms with van der Waals surface area (Å²) in [5.74, 6) is 1.84. The second kappa shape index (κ2) is 5.96. The van der Waals surface area contributed by atoms with Gasteiger partial charge in [0.2, 0.25) is 6.39 Å². The number of hydrogen-bond acceptors (Lipinski definition) is 5. The maximum Gasteiger partial charge on any atom is 0.213 e. The molecule has 0 saturated heterocycles. The molecule has 2 N–H and O–H groups in total. The van der Waals surface area contributed by atoms with Crippen LogP contribution in [0.1, 0.15) is 31.5 Å². The number of nitrogens with two attached hydrogens (primary N) is 1. The summed E-state index contributed by atoms with van der Waals surface area (Å²) in [4.78, 5) is 3.91. The van der Waals surface area contributed by atoms with E-state index >= 15 is 0 Å². The van der Waals surface area contributed by atoms with Crippen LogP contribution in [0, 0.1) is 11.8 Å². The molecule has 1 aromatic heterocycles. The van der Waals surface area contributed by atoms with Crippen LogP contribution in [0.15, 0.2) is 10.9 Å². The summed E-state index contributed by atoms with van der Waals surface area (Å²) in [6.07, 6.45) is 6.40. The lowest BCUT2D eigenvalue weighted by molar-refractivity contribution is 0.0472. The van der Waals surface area contributed by atoms with Gasteiger partial charge in [-0.3, -0.25) is 0 Å². The predicted octanol–water partition coefficient (Wildman–Crippen LogP) is 1.35. The van der Waals surface area contributed by atoms with Gasteiger partial charge in [-0.15, -0.1) is 0 Å². The Morgan fingerprint density at radius 1 is 1.38 bits per heavy atom. The van der Waals surface area contributed by atoms with Crippen molar-refractivity contribution in [1.29, 1.82) is 0 Å². The highest BCUT2D eigenvalue weighted by Crippen LogP contribution is 2.29. The fourth-order valence-corrected chi connectivity index (χ4v) is 2.37. The summed E-state index contributed by atoms with van der Waals surface area (Å²) in [6, 6.07) is 0. The summed E-state index contributed by atoms with van der Waals surface area (Å²) in [7, 11) is 0. The van der Waals surface area contributed by atoms with Gasteiger partial charge in [-0.1, -0.05) is 18.0 Å². The average molecular weight is 225 g/mol. The summed E-state index contributed by atoms with van der Waals surface area (Å²) in [5, 5.41) is 3.70. The standard InChI is InChI=1S/C11H19N3O2/c12-5-9-3-1-2-4-10(9)6-15-7-11-13-8-16-14-11/h8-10H,1-7,12H2. The first-order chi connectivity index (χ1) is 7.90. The molecule has 0 bridgehead atoms. The van der Waals surface area contributed by atoms with Crippen molar-refractivity contribution in [2.45, 2.75) is 32.3 Å². The molecule has 1 aliphatic rings. The third-order valence-electron chi connectivity index (χ3n) is 3.34. The van der Waals surface area contributed by atoms with Gasteiger partial charge in [0.15, 0.2) is 5.82 Å². The molecule has 2 atom stereocenters. The van der Waals surface area contributed by atoms with Crippen molar-refractivity contribution in [3.05, 3.63) is 12.2 Å². The third kappa shape index (κ3) is 3.02. The Labute approximate surface area is 95.3 Å². The highest BCUT2D eigenvalue weighted by atomic mass is 16.5. The smallest absolute Gasteiger partial charge is 0.213 e. The first kappa shape index (κ1) is 11.5. The second-order valence-electron chi connectivity index (χ2n) is 4.40. The SMILES string of the molecule is NCC1CCCCC1COCc1ncon1. The van der Waals surface area contributed by atoms with Gasteiger partial charge in [0, 0.05) is 0 Å². The molecule has 0 amide bonds. The molecule has 1 aliphatic carbocycles. The molecule has 0 aliphatic heterocycles. The number of ether oxygens (including phenoxy) is 1. The van der Waals surface area contributed by atoms with Gasteiger partial charge in [-0.2, -0.15) is 4.98 Å². The maximum absolute atomic E-state index is 5.76. The van der Waals surface area contributed by atoms with Crippen LogP contribution in [0.2, 0.25) is 0 Å². The number of rotatable bonds is 5. The summed E-state index contributed by atoms with van der Waals surface area (Å²) < 4.78 is 10.2. The lowest BCUT2D eigenvalue weighted by Crippen LogP contribution is -2.29. The second-order valence-corrected chi connectivity index (χ2v) is 4.40. The predicted molar refractivity (Wildman–Crippen MR) is 58.5 cm³/mol. The van der Waals surface area contributed by atoms with Crippen molar-refractivity contribution in [3.63, 3.8) is 0 Å². The summed E-state index contributed by atoms with van der Waals surface area (Å²) in [6.45, 7) is 1.97. The minimum atomic E-state index is 0.435. The molecule has 2 rings (SSSR count). The number of aromatic nitrogens is 2. The lowest BCUT2D eigenvalue weighted by Gasteiger charge is -2.30. The molecule has 0 radical (unpaired) electrons. The van der Waals surface area contributed by atoms with E-state index in [0.29, 0.717) is 24.3 Å². The molecule has 1 heterocycles. The molecule has 16 heavy (non-hydrogen) atoms. The Hall–Kier alpha value is -0.940. The van der Waals surface area contributed by atoms with Crippen molar-refractivity contribution in [2.75, 3.05) is 13.2 Å². The van der Waals surface area contributed by atoms with Crippen molar-refractivity contribution in [3.8, 4) is 0 Å². The molecule has 1 aromatic rings. The van der Waals surface area contributed by atoms with Crippen molar-refractivity contribution in [2.24, 2.45) is 17.6 Å². The van der Waals surface area contributed by atoms with Gasteiger partial charge < -0.3 is 15.0 Å². The normalized spacial score (nSPS) is 25.8. The van der Waals surface area contributed by atoms with E-state index in [2.05, 4.69) is 14.7 Å². The van der Waals surface area contributed by atoms with E-state index in [1.54, 1.807) is 0 Å². The molecule has 5 nitrogen and oxygen atoms in total. The molecular weight excluding hydrogens is 206 g/mol. The van der Waals surface area contributed by atoms with Crippen LogP contribution in [0.3, 0.4) is 0 Å². The topological polar surface area (TPSA) is 74.2 Å². The fraction of sp³-hybridized carbons (Fsp3) is 0.818. The lowest BCUT2D eigenvalue weighted by atomic mass is 9.80. The van der Waals surface area contributed by atoms with E-state index < -0.39 is 0 Å². The fourth-order valence-electron chi connectivity index (χ4n) is 2.37. The molecule has 2 unspecified atom stereocenters. The Bertz CT molecular complexity index is 289. The third-order valence-corrected chi connectivity index (χ3v) is 3.34. The maximum atomic E-state index is 5.76. The molecule has 90 valence electrons. The van der Waals surface area contributed by atoms with Crippen molar-refractivity contribution < 1.29 is 9.26 Å². The van der Waals surface area contributed by atoms with Crippen LogP contribution in [-0.4, -0.2) is 23.3 Å². The van der Waals surface area contributed by atoms with Crippen molar-refractivity contribution >= 4 is 0 Å². The largest absolute Gasteiger partial charge is 0.373 e. The van der Waals surface area contributed by atoms with Gasteiger partial charge in [0.25, 0.3) is 0 Å². The van der Waals surface area contributed by atoms with E-state index in [4.69, 9.17) is 10.5 Å². The Balaban J connectivity index is 1.71. The molecule has 1 saturated carbocycles. The van der Waals surface area contributed by atoms with E-state index in [1.165, 1.54) is 32.1 Å². The highest BCUT2D eigenvalue weighted by Gasteiger charge is 2.23.